The zero-order chi connectivity index (χ0) is 14.8. The van der Waals surface area contributed by atoms with Crippen molar-refractivity contribution in [2.75, 3.05) is 7.05 Å². The summed E-state index contributed by atoms with van der Waals surface area (Å²) >= 11 is 8.05. The molecule has 0 spiro atoms. The highest BCUT2D eigenvalue weighted by Gasteiger charge is 2.32. The van der Waals surface area contributed by atoms with Crippen LogP contribution < -0.4 is 5.32 Å². The fourth-order valence-corrected chi connectivity index (χ4v) is 4.99. The summed E-state index contributed by atoms with van der Waals surface area (Å²) in [6.45, 7) is 2.33. The van der Waals surface area contributed by atoms with Gasteiger partial charge >= 0.3 is 0 Å². The molecule has 2 aromatic carbocycles. The van der Waals surface area contributed by atoms with Crippen molar-refractivity contribution in [2.24, 2.45) is 0 Å². The van der Waals surface area contributed by atoms with E-state index < -0.39 is 0 Å². The van der Waals surface area contributed by atoms with Crippen LogP contribution in [0.25, 0.3) is 0 Å². The predicted molar refractivity (Wildman–Crippen MR) is 92.4 cm³/mol. The molecular formula is C18H20ClNS. The molecule has 3 rings (SSSR count). The largest absolute Gasteiger partial charge is 0.312 e. The highest BCUT2D eigenvalue weighted by molar-refractivity contribution is 8.00. The number of benzene rings is 2. The number of hydrogen-bond acceptors (Lipinski definition) is 2. The van der Waals surface area contributed by atoms with Gasteiger partial charge in [-0.2, -0.15) is 0 Å². The van der Waals surface area contributed by atoms with Crippen LogP contribution >= 0.6 is 23.4 Å². The first-order valence-electron chi connectivity index (χ1n) is 7.37. The maximum Gasteiger partial charge on any atom is 0.0444 e. The van der Waals surface area contributed by atoms with Crippen LogP contribution in [-0.4, -0.2) is 12.3 Å². The van der Waals surface area contributed by atoms with Crippen molar-refractivity contribution in [1.29, 1.82) is 0 Å². The summed E-state index contributed by atoms with van der Waals surface area (Å²) in [6, 6.07) is 17.4. The first-order valence-corrected chi connectivity index (χ1v) is 8.63. The maximum absolute atomic E-state index is 6.11. The molecule has 1 N–H and O–H groups in total. The molecule has 0 amide bonds. The third kappa shape index (κ3) is 3.13. The third-order valence-electron chi connectivity index (χ3n) is 4.21. The standard InChI is InChI=1S/C18H20ClNS/c1-12-10-17(21-14-7-5-6-13(19)11-14)18(20-2)16-9-4-3-8-15(12)16/h3-9,11-12,17-18,20H,10H2,1-2H3. The number of fused-ring (bicyclic) bond motifs is 1. The normalized spacial score (nSPS) is 24.6. The Bertz CT molecular complexity index is 628. The van der Waals surface area contributed by atoms with Crippen molar-refractivity contribution in [3.8, 4) is 0 Å². The zero-order valence-electron chi connectivity index (χ0n) is 12.3. The molecule has 3 unspecified atom stereocenters. The summed E-state index contributed by atoms with van der Waals surface area (Å²) in [4.78, 5) is 1.25. The van der Waals surface area contributed by atoms with Crippen LogP contribution in [0, 0.1) is 0 Å². The lowest BCUT2D eigenvalue weighted by Crippen LogP contribution is -2.33. The van der Waals surface area contributed by atoms with E-state index in [-0.39, 0.29) is 0 Å². The van der Waals surface area contributed by atoms with E-state index in [1.807, 2.05) is 23.9 Å². The SMILES string of the molecule is CNC1c2ccccc2C(C)CC1Sc1cccc(Cl)c1. The van der Waals surface area contributed by atoms with Crippen molar-refractivity contribution >= 4 is 23.4 Å². The lowest BCUT2D eigenvalue weighted by molar-refractivity contribution is 0.473. The van der Waals surface area contributed by atoms with Gasteiger partial charge < -0.3 is 5.32 Å². The number of nitrogens with one attached hydrogen (secondary N) is 1. The topological polar surface area (TPSA) is 12.0 Å². The zero-order valence-corrected chi connectivity index (χ0v) is 13.9. The van der Waals surface area contributed by atoms with E-state index in [1.54, 1.807) is 0 Å². The Labute approximate surface area is 136 Å². The summed E-state index contributed by atoms with van der Waals surface area (Å²) in [5.74, 6) is 0.600. The number of hydrogen-bond donors (Lipinski definition) is 1. The van der Waals surface area contributed by atoms with Crippen LogP contribution in [0.15, 0.2) is 53.4 Å². The van der Waals surface area contributed by atoms with E-state index in [2.05, 4.69) is 55.7 Å². The van der Waals surface area contributed by atoms with Gasteiger partial charge in [0.2, 0.25) is 0 Å². The number of rotatable bonds is 3. The molecule has 0 aliphatic heterocycles. The third-order valence-corrected chi connectivity index (χ3v) is 5.74. The number of halogens is 1. The smallest absolute Gasteiger partial charge is 0.0444 e. The molecule has 0 aromatic heterocycles. The van der Waals surface area contributed by atoms with Gasteiger partial charge in [0.25, 0.3) is 0 Å². The highest BCUT2D eigenvalue weighted by Crippen LogP contribution is 2.44. The minimum atomic E-state index is 0.390. The van der Waals surface area contributed by atoms with Gasteiger partial charge in [-0.3, -0.25) is 0 Å². The Morgan fingerprint density at radius 3 is 2.57 bits per heavy atom. The minimum absolute atomic E-state index is 0.390. The second kappa shape index (κ2) is 6.43. The van der Waals surface area contributed by atoms with Crippen molar-refractivity contribution < 1.29 is 0 Å². The molecular weight excluding hydrogens is 298 g/mol. The average Bonchev–Trinajstić information content (AvgIpc) is 2.48. The summed E-state index contributed by atoms with van der Waals surface area (Å²) in [6.07, 6.45) is 1.18. The molecule has 0 bridgehead atoms. The monoisotopic (exact) mass is 317 g/mol. The second-order valence-electron chi connectivity index (χ2n) is 5.65. The molecule has 110 valence electrons. The van der Waals surface area contributed by atoms with E-state index in [0.29, 0.717) is 17.2 Å². The van der Waals surface area contributed by atoms with Gasteiger partial charge in [0.05, 0.1) is 0 Å². The van der Waals surface area contributed by atoms with Gasteiger partial charge in [-0.25, -0.2) is 0 Å². The molecule has 0 heterocycles. The second-order valence-corrected chi connectivity index (χ2v) is 7.39. The molecule has 0 saturated heterocycles. The molecule has 1 nitrogen and oxygen atoms in total. The van der Waals surface area contributed by atoms with Crippen LogP contribution in [0.1, 0.15) is 36.4 Å². The molecule has 1 aliphatic rings. The Morgan fingerprint density at radius 1 is 1.10 bits per heavy atom. The molecule has 3 heteroatoms. The molecule has 0 saturated carbocycles. The Morgan fingerprint density at radius 2 is 1.86 bits per heavy atom. The predicted octanol–water partition coefficient (Wildman–Crippen LogP) is 5.27. The van der Waals surface area contributed by atoms with Gasteiger partial charge in [0, 0.05) is 21.2 Å². The van der Waals surface area contributed by atoms with Crippen LogP contribution in [0.2, 0.25) is 5.02 Å². The van der Waals surface area contributed by atoms with Gasteiger partial charge in [-0.15, -0.1) is 11.8 Å². The van der Waals surface area contributed by atoms with Crippen molar-refractivity contribution in [1.82, 2.24) is 5.32 Å². The maximum atomic E-state index is 6.11. The fourth-order valence-electron chi connectivity index (χ4n) is 3.23. The van der Waals surface area contributed by atoms with Crippen molar-refractivity contribution in [2.45, 2.75) is 35.4 Å². The summed E-state index contributed by atoms with van der Waals surface area (Å²) < 4.78 is 0. The Kier molecular flexibility index (Phi) is 4.58. The lowest BCUT2D eigenvalue weighted by Gasteiger charge is -2.36. The van der Waals surface area contributed by atoms with Gasteiger partial charge in [0.1, 0.15) is 0 Å². The number of thioether (sulfide) groups is 1. The summed E-state index contributed by atoms with van der Waals surface area (Å²) in [5, 5.41) is 4.85. The molecule has 0 fully saturated rings. The molecule has 2 aromatic rings. The first-order chi connectivity index (χ1) is 10.2. The van der Waals surface area contributed by atoms with E-state index in [1.165, 1.54) is 22.4 Å². The van der Waals surface area contributed by atoms with Gasteiger partial charge in [-0.05, 0) is 48.7 Å². The fraction of sp³-hybridized carbons (Fsp3) is 0.333. The van der Waals surface area contributed by atoms with E-state index in [9.17, 15) is 0 Å². The Hall–Kier alpha value is -0.960. The van der Waals surface area contributed by atoms with Crippen LogP contribution in [0.4, 0.5) is 0 Å². The van der Waals surface area contributed by atoms with Gasteiger partial charge in [0.15, 0.2) is 0 Å². The van der Waals surface area contributed by atoms with Crippen LogP contribution in [0.3, 0.4) is 0 Å². The quantitative estimate of drug-likeness (QED) is 0.827. The molecule has 3 atom stereocenters. The Balaban J connectivity index is 1.89. The van der Waals surface area contributed by atoms with E-state index >= 15 is 0 Å². The molecule has 0 radical (unpaired) electrons. The highest BCUT2D eigenvalue weighted by atomic mass is 35.5. The lowest BCUT2D eigenvalue weighted by atomic mass is 9.81. The van der Waals surface area contributed by atoms with Gasteiger partial charge in [-0.1, -0.05) is 48.9 Å². The summed E-state index contributed by atoms with van der Waals surface area (Å²) in [5.41, 5.74) is 2.93. The average molecular weight is 318 g/mol. The van der Waals surface area contributed by atoms with E-state index in [0.717, 1.165) is 5.02 Å². The minimum Gasteiger partial charge on any atom is -0.312 e. The van der Waals surface area contributed by atoms with Crippen molar-refractivity contribution in [3.63, 3.8) is 0 Å². The summed E-state index contributed by atoms with van der Waals surface area (Å²) in [7, 11) is 2.06. The van der Waals surface area contributed by atoms with E-state index in [4.69, 9.17) is 11.6 Å². The van der Waals surface area contributed by atoms with Crippen molar-refractivity contribution in [3.05, 3.63) is 64.7 Å². The van der Waals surface area contributed by atoms with Crippen LogP contribution in [0.5, 0.6) is 0 Å². The molecule has 21 heavy (non-hydrogen) atoms. The molecule has 1 aliphatic carbocycles. The first kappa shape index (κ1) is 15.0. The van der Waals surface area contributed by atoms with Crippen LogP contribution in [-0.2, 0) is 0 Å².